The van der Waals surface area contributed by atoms with Gasteiger partial charge in [0, 0.05) is 18.0 Å². The van der Waals surface area contributed by atoms with Crippen molar-refractivity contribution in [3.05, 3.63) is 29.5 Å². The molecule has 0 fully saturated rings. The molecule has 6 nitrogen and oxygen atoms in total. The molecule has 0 radical (unpaired) electrons. The largest absolute Gasteiger partial charge is 0.507 e. The molecule has 6 heteroatoms. The third-order valence-electron chi connectivity index (χ3n) is 3.05. The number of fused-ring (bicyclic) bond motifs is 1. The molecule has 0 bridgehead atoms. The first-order valence-electron chi connectivity index (χ1n) is 6.07. The summed E-state index contributed by atoms with van der Waals surface area (Å²) in [4.78, 5) is 23.3. The molecule has 2 rings (SSSR count). The zero-order valence-electron chi connectivity index (χ0n) is 11.5. The van der Waals surface area contributed by atoms with Crippen molar-refractivity contribution in [3.8, 4) is 5.75 Å². The number of aryl methyl sites for hydroxylation is 1. The van der Waals surface area contributed by atoms with E-state index in [4.69, 9.17) is 4.74 Å². The average Bonchev–Trinajstić information content (AvgIpc) is 2.74. The van der Waals surface area contributed by atoms with Crippen LogP contribution < -0.4 is 0 Å². The number of aromatic nitrogens is 1. The van der Waals surface area contributed by atoms with Crippen molar-refractivity contribution >= 4 is 22.8 Å². The summed E-state index contributed by atoms with van der Waals surface area (Å²) in [7, 11) is 2.97. The van der Waals surface area contributed by atoms with Gasteiger partial charge in [-0.1, -0.05) is 0 Å². The van der Waals surface area contributed by atoms with Gasteiger partial charge in [-0.05, 0) is 25.1 Å². The minimum absolute atomic E-state index is 0.0666. The second kappa shape index (κ2) is 5.24. The molecule has 0 amide bonds. The number of carbonyl (C=O) groups excluding carboxylic acids is 2. The number of hydrogen-bond acceptors (Lipinski definition) is 5. The first-order valence-corrected chi connectivity index (χ1v) is 6.07. The second-order valence-corrected chi connectivity index (χ2v) is 4.23. The number of phenolic OH excluding ortho intramolecular Hbond substituents is 1. The topological polar surface area (TPSA) is 77.8 Å². The highest BCUT2D eigenvalue weighted by Crippen LogP contribution is 2.28. The Kier molecular flexibility index (Phi) is 3.65. The molecule has 1 aromatic carbocycles. The van der Waals surface area contributed by atoms with Gasteiger partial charge in [0.05, 0.1) is 13.7 Å². The molecule has 0 saturated carbocycles. The minimum Gasteiger partial charge on any atom is -0.507 e. The fourth-order valence-electron chi connectivity index (χ4n) is 2.05. The summed E-state index contributed by atoms with van der Waals surface area (Å²) < 4.78 is 11.2. The van der Waals surface area contributed by atoms with Crippen molar-refractivity contribution in [2.24, 2.45) is 7.05 Å². The highest BCUT2D eigenvalue weighted by molar-refractivity contribution is 6.01. The lowest BCUT2D eigenvalue weighted by atomic mass is 10.1. The normalized spacial score (nSPS) is 10.6. The van der Waals surface area contributed by atoms with Gasteiger partial charge in [-0.15, -0.1) is 0 Å². The van der Waals surface area contributed by atoms with Gasteiger partial charge in [0.2, 0.25) is 0 Å². The number of benzene rings is 1. The number of ether oxygens (including phenoxy) is 2. The van der Waals surface area contributed by atoms with Crippen molar-refractivity contribution in [1.82, 2.24) is 4.57 Å². The summed E-state index contributed by atoms with van der Waals surface area (Å²) in [6.07, 6.45) is 0. The zero-order valence-corrected chi connectivity index (χ0v) is 11.5. The van der Waals surface area contributed by atoms with Crippen LogP contribution in [0.25, 0.3) is 10.9 Å². The van der Waals surface area contributed by atoms with E-state index in [0.29, 0.717) is 16.6 Å². The molecule has 0 spiro atoms. The van der Waals surface area contributed by atoms with Gasteiger partial charge in [0.1, 0.15) is 17.0 Å². The van der Waals surface area contributed by atoms with Crippen LogP contribution in [0.3, 0.4) is 0 Å². The van der Waals surface area contributed by atoms with Crippen LogP contribution in [-0.2, 0) is 16.5 Å². The van der Waals surface area contributed by atoms with Crippen molar-refractivity contribution in [1.29, 1.82) is 0 Å². The Morgan fingerprint density at radius 2 is 1.95 bits per heavy atom. The fourth-order valence-corrected chi connectivity index (χ4v) is 2.05. The number of phenols is 1. The van der Waals surface area contributed by atoms with E-state index < -0.39 is 11.9 Å². The fraction of sp³-hybridized carbons (Fsp3) is 0.286. The maximum Gasteiger partial charge on any atom is 0.354 e. The number of aromatic hydroxyl groups is 1. The molecular weight excluding hydrogens is 262 g/mol. The van der Waals surface area contributed by atoms with Gasteiger partial charge >= 0.3 is 11.9 Å². The smallest absolute Gasteiger partial charge is 0.354 e. The highest BCUT2D eigenvalue weighted by atomic mass is 16.5. The molecule has 0 aliphatic heterocycles. The molecule has 0 saturated heterocycles. The molecule has 1 aromatic heterocycles. The summed E-state index contributed by atoms with van der Waals surface area (Å²) in [6.45, 7) is 1.90. The van der Waals surface area contributed by atoms with Crippen molar-refractivity contribution in [3.63, 3.8) is 0 Å². The lowest BCUT2D eigenvalue weighted by molar-refractivity contribution is 0.0522. The Balaban J connectivity index is 2.61. The first-order chi connectivity index (χ1) is 9.49. The van der Waals surface area contributed by atoms with Crippen LogP contribution >= 0.6 is 0 Å². The number of carbonyl (C=O) groups is 2. The van der Waals surface area contributed by atoms with E-state index in [1.54, 1.807) is 24.6 Å². The van der Waals surface area contributed by atoms with Crippen LogP contribution in [0, 0.1) is 0 Å². The Morgan fingerprint density at radius 3 is 2.55 bits per heavy atom. The van der Waals surface area contributed by atoms with Gasteiger partial charge in [0.15, 0.2) is 0 Å². The summed E-state index contributed by atoms with van der Waals surface area (Å²) in [5.41, 5.74) is 1.03. The summed E-state index contributed by atoms with van der Waals surface area (Å²) >= 11 is 0. The third kappa shape index (κ3) is 2.20. The molecule has 1 N–H and O–H groups in total. The predicted molar refractivity (Wildman–Crippen MR) is 71.9 cm³/mol. The number of esters is 2. The number of hydrogen-bond donors (Lipinski definition) is 1. The summed E-state index contributed by atoms with van der Waals surface area (Å²) in [6, 6.07) is 4.51. The number of nitrogens with zero attached hydrogens (tertiary/aromatic N) is 1. The maximum atomic E-state index is 11.7. The molecule has 0 aliphatic rings. The van der Waals surface area contributed by atoms with Gasteiger partial charge in [0.25, 0.3) is 0 Å². The molecule has 106 valence electrons. The van der Waals surface area contributed by atoms with Gasteiger partial charge in [-0.25, -0.2) is 9.59 Å². The average molecular weight is 277 g/mol. The monoisotopic (exact) mass is 277 g/mol. The van der Waals surface area contributed by atoms with Gasteiger partial charge < -0.3 is 19.1 Å². The zero-order chi connectivity index (χ0) is 14.9. The lowest BCUT2D eigenvalue weighted by Gasteiger charge is -2.06. The second-order valence-electron chi connectivity index (χ2n) is 4.23. The molecule has 0 aliphatic carbocycles. The van der Waals surface area contributed by atoms with E-state index in [1.807, 2.05) is 0 Å². The van der Waals surface area contributed by atoms with Crippen LogP contribution in [0.5, 0.6) is 5.75 Å². The van der Waals surface area contributed by atoms with Crippen LogP contribution in [0.2, 0.25) is 0 Å². The molecule has 0 unspecified atom stereocenters. The van der Waals surface area contributed by atoms with Crippen LogP contribution in [0.15, 0.2) is 18.2 Å². The predicted octanol–water partition coefficient (Wildman–Crippen LogP) is 1.85. The SMILES string of the molecule is CCOC(=O)c1cc2c(cc1O)cc(C(=O)OC)n2C. The van der Waals surface area contributed by atoms with E-state index in [0.717, 1.165) is 0 Å². The Morgan fingerprint density at radius 1 is 1.25 bits per heavy atom. The van der Waals surface area contributed by atoms with Gasteiger partial charge in [-0.2, -0.15) is 0 Å². The molecule has 2 aromatic rings. The Bertz CT molecular complexity index is 686. The quantitative estimate of drug-likeness (QED) is 0.866. The van der Waals surface area contributed by atoms with E-state index >= 15 is 0 Å². The maximum absolute atomic E-state index is 11.7. The lowest BCUT2D eigenvalue weighted by Crippen LogP contribution is -2.08. The van der Waals surface area contributed by atoms with Crippen LogP contribution in [-0.4, -0.2) is 35.3 Å². The van der Waals surface area contributed by atoms with E-state index in [-0.39, 0.29) is 17.9 Å². The standard InChI is InChI=1S/C14H15NO5/c1-4-20-13(17)9-7-10-8(6-12(9)16)5-11(15(10)2)14(18)19-3/h5-7,16H,4H2,1-3H3. The van der Waals surface area contributed by atoms with Gasteiger partial charge in [-0.3, -0.25) is 0 Å². The summed E-state index contributed by atoms with van der Waals surface area (Å²) in [5.74, 6) is -1.27. The van der Waals surface area contributed by atoms with Crippen molar-refractivity contribution in [2.75, 3.05) is 13.7 Å². The van der Waals surface area contributed by atoms with Crippen molar-refractivity contribution in [2.45, 2.75) is 6.92 Å². The van der Waals surface area contributed by atoms with E-state index in [1.165, 1.54) is 19.2 Å². The number of methoxy groups -OCH3 is 1. The highest BCUT2D eigenvalue weighted by Gasteiger charge is 2.18. The minimum atomic E-state index is -0.604. The van der Waals surface area contributed by atoms with E-state index in [2.05, 4.69) is 4.74 Å². The third-order valence-corrected chi connectivity index (χ3v) is 3.05. The molecule has 20 heavy (non-hydrogen) atoms. The van der Waals surface area contributed by atoms with E-state index in [9.17, 15) is 14.7 Å². The van der Waals surface area contributed by atoms with Crippen LogP contribution in [0.1, 0.15) is 27.8 Å². The Hall–Kier alpha value is -2.50. The van der Waals surface area contributed by atoms with Crippen LogP contribution in [0.4, 0.5) is 0 Å². The number of rotatable bonds is 3. The summed E-state index contributed by atoms with van der Waals surface area (Å²) in [5, 5.41) is 10.5. The Labute approximate surface area is 115 Å². The molecule has 1 heterocycles. The molecular formula is C14H15NO5. The molecule has 0 atom stereocenters. The first kappa shape index (κ1) is 13.9. The van der Waals surface area contributed by atoms with Crippen molar-refractivity contribution < 1.29 is 24.2 Å².